The number of carbonyl (C=O) groups excluding carboxylic acids is 1. The summed E-state index contributed by atoms with van der Waals surface area (Å²) in [6, 6.07) is 12.1. The molecule has 3 rings (SSSR count). The van der Waals surface area contributed by atoms with Crippen molar-refractivity contribution in [1.82, 2.24) is 5.16 Å². The largest absolute Gasteiger partial charge is 0.496 e. The molecule has 9 nitrogen and oxygen atoms in total. The van der Waals surface area contributed by atoms with Crippen LogP contribution in [0.15, 0.2) is 57.9 Å². The van der Waals surface area contributed by atoms with Crippen LogP contribution >= 0.6 is 0 Å². The summed E-state index contributed by atoms with van der Waals surface area (Å²) in [6.07, 6.45) is 0. The summed E-state index contributed by atoms with van der Waals surface area (Å²) in [5.74, 6) is 0.822. The number of sulfonamides is 1. The van der Waals surface area contributed by atoms with E-state index in [4.69, 9.17) is 14.0 Å². The van der Waals surface area contributed by atoms with Crippen LogP contribution in [0.3, 0.4) is 0 Å². The minimum atomic E-state index is -3.84. The molecule has 10 heteroatoms. The van der Waals surface area contributed by atoms with Crippen molar-refractivity contribution in [2.45, 2.75) is 11.8 Å². The summed E-state index contributed by atoms with van der Waals surface area (Å²) in [4.78, 5) is 12.7. The Morgan fingerprint density at radius 3 is 2.17 bits per heavy atom. The van der Waals surface area contributed by atoms with Gasteiger partial charge in [-0.25, -0.2) is 8.42 Å². The van der Waals surface area contributed by atoms with Crippen molar-refractivity contribution in [3.05, 3.63) is 59.9 Å². The Morgan fingerprint density at radius 2 is 1.66 bits per heavy atom. The molecule has 2 N–H and O–H groups in total. The molecule has 0 fully saturated rings. The SMILES string of the molecule is COc1cccc(OC)c1C(=O)Nc1ccc(S(=O)(=O)Nc2cc(C)on2)cc1. The van der Waals surface area contributed by atoms with Gasteiger partial charge < -0.3 is 19.3 Å². The number of ether oxygens (including phenoxy) is 2. The fourth-order valence-corrected chi connectivity index (χ4v) is 3.58. The first-order chi connectivity index (χ1) is 13.8. The number of rotatable bonds is 7. The van der Waals surface area contributed by atoms with Crippen LogP contribution in [0.5, 0.6) is 11.5 Å². The highest BCUT2D eigenvalue weighted by molar-refractivity contribution is 7.92. The third kappa shape index (κ3) is 4.49. The lowest BCUT2D eigenvalue weighted by Crippen LogP contribution is -2.15. The maximum absolute atomic E-state index is 12.7. The van der Waals surface area contributed by atoms with Gasteiger partial charge in [-0.1, -0.05) is 11.2 Å². The van der Waals surface area contributed by atoms with Crippen molar-refractivity contribution in [1.29, 1.82) is 0 Å². The molecule has 0 radical (unpaired) electrons. The number of nitrogens with zero attached hydrogens (tertiary/aromatic N) is 1. The zero-order chi connectivity index (χ0) is 21.0. The highest BCUT2D eigenvalue weighted by Crippen LogP contribution is 2.29. The summed E-state index contributed by atoms with van der Waals surface area (Å²) in [5, 5.41) is 6.30. The Kier molecular flexibility index (Phi) is 5.74. The third-order valence-electron chi connectivity index (χ3n) is 3.94. The molecule has 2 aromatic carbocycles. The molecule has 0 atom stereocenters. The van der Waals surface area contributed by atoms with E-state index in [1.54, 1.807) is 25.1 Å². The first kappa shape index (κ1) is 20.2. The van der Waals surface area contributed by atoms with E-state index in [0.29, 0.717) is 22.9 Å². The molecule has 3 aromatic rings. The molecule has 1 heterocycles. The Bertz CT molecular complexity index is 1100. The Hall–Kier alpha value is -3.53. The van der Waals surface area contributed by atoms with Crippen LogP contribution < -0.4 is 19.5 Å². The number of anilines is 2. The molecule has 0 aliphatic heterocycles. The second kappa shape index (κ2) is 8.23. The van der Waals surface area contributed by atoms with E-state index in [1.807, 2.05) is 0 Å². The van der Waals surface area contributed by atoms with Crippen LogP contribution in [0.25, 0.3) is 0 Å². The number of amides is 1. The summed E-state index contributed by atoms with van der Waals surface area (Å²) in [6.45, 7) is 1.65. The summed E-state index contributed by atoms with van der Waals surface area (Å²) >= 11 is 0. The van der Waals surface area contributed by atoms with Gasteiger partial charge in [0.25, 0.3) is 15.9 Å². The first-order valence-corrected chi connectivity index (χ1v) is 9.91. The van der Waals surface area contributed by atoms with E-state index in [9.17, 15) is 13.2 Å². The Morgan fingerprint density at radius 1 is 1.03 bits per heavy atom. The van der Waals surface area contributed by atoms with Gasteiger partial charge in [0.05, 0.1) is 19.1 Å². The fraction of sp³-hybridized carbons (Fsp3) is 0.158. The Balaban J connectivity index is 1.78. The van der Waals surface area contributed by atoms with Gasteiger partial charge in [0.1, 0.15) is 22.8 Å². The number of aromatic nitrogens is 1. The lowest BCUT2D eigenvalue weighted by atomic mass is 10.1. The van der Waals surface area contributed by atoms with Crippen LogP contribution in [0.4, 0.5) is 11.5 Å². The van der Waals surface area contributed by atoms with Gasteiger partial charge in [-0.2, -0.15) is 0 Å². The maximum atomic E-state index is 12.7. The summed E-state index contributed by atoms with van der Waals surface area (Å²) in [5.41, 5.74) is 0.636. The van der Waals surface area contributed by atoms with Gasteiger partial charge in [0, 0.05) is 11.8 Å². The molecule has 0 aliphatic rings. The van der Waals surface area contributed by atoms with Crippen molar-refractivity contribution in [3.63, 3.8) is 0 Å². The van der Waals surface area contributed by atoms with Gasteiger partial charge in [-0.15, -0.1) is 0 Å². The predicted octanol–water partition coefficient (Wildman–Crippen LogP) is 3.05. The van der Waals surface area contributed by atoms with E-state index in [0.717, 1.165) is 0 Å². The molecular formula is C19H19N3O6S. The van der Waals surface area contributed by atoms with Gasteiger partial charge >= 0.3 is 0 Å². The molecule has 1 amide bonds. The molecule has 0 saturated heterocycles. The third-order valence-corrected chi connectivity index (χ3v) is 5.31. The Labute approximate surface area is 167 Å². The first-order valence-electron chi connectivity index (χ1n) is 8.42. The second-order valence-corrected chi connectivity index (χ2v) is 7.63. The topological polar surface area (TPSA) is 120 Å². The van der Waals surface area contributed by atoms with E-state index >= 15 is 0 Å². The van der Waals surface area contributed by atoms with E-state index < -0.39 is 15.9 Å². The monoisotopic (exact) mass is 417 g/mol. The lowest BCUT2D eigenvalue weighted by Gasteiger charge is -2.13. The predicted molar refractivity (Wildman–Crippen MR) is 106 cm³/mol. The molecule has 0 unspecified atom stereocenters. The van der Waals surface area contributed by atoms with E-state index in [-0.39, 0.29) is 16.3 Å². The molecule has 152 valence electrons. The van der Waals surface area contributed by atoms with Crippen LogP contribution in [-0.2, 0) is 10.0 Å². The minimum absolute atomic E-state index is 0.00558. The van der Waals surface area contributed by atoms with E-state index in [1.165, 1.54) is 44.6 Å². The summed E-state index contributed by atoms with van der Waals surface area (Å²) < 4.78 is 42.5. The van der Waals surface area contributed by atoms with Crippen LogP contribution in [0, 0.1) is 6.92 Å². The molecule has 0 saturated carbocycles. The number of hydrogen-bond donors (Lipinski definition) is 2. The molecule has 0 spiro atoms. The zero-order valence-electron chi connectivity index (χ0n) is 15.9. The van der Waals surface area contributed by atoms with Crippen molar-refractivity contribution >= 4 is 27.4 Å². The van der Waals surface area contributed by atoms with Crippen molar-refractivity contribution in [2.75, 3.05) is 24.3 Å². The number of carbonyl (C=O) groups is 1. The molecular weight excluding hydrogens is 398 g/mol. The number of hydrogen-bond acceptors (Lipinski definition) is 7. The van der Waals surface area contributed by atoms with E-state index in [2.05, 4.69) is 15.2 Å². The van der Waals surface area contributed by atoms with Crippen LogP contribution in [-0.4, -0.2) is 33.7 Å². The van der Waals surface area contributed by atoms with Crippen molar-refractivity contribution in [3.8, 4) is 11.5 Å². The highest BCUT2D eigenvalue weighted by Gasteiger charge is 2.19. The highest BCUT2D eigenvalue weighted by atomic mass is 32.2. The van der Waals surface area contributed by atoms with Crippen molar-refractivity contribution in [2.24, 2.45) is 0 Å². The number of methoxy groups -OCH3 is 2. The fourth-order valence-electron chi connectivity index (χ4n) is 2.60. The standard InChI is InChI=1S/C19H19N3O6S/c1-12-11-17(21-28-12)22-29(24,25)14-9-7-13(8-10-14)20-19(23)18-15(26-2)5-4-6-16(18)27-3/h4-11H,1-3H3,(H,20,23)(H,21,22). The van der Waals surface area contributed by atoms with Crippen molar-refractivity contribution < 1.29 is 27.2 Å². The maximum Gasteiger partial charge on any atom is 0.263 e. The van der Waals surface area contributed by atoms with Crippen LogP contribution in [0.2, 0.25) is 0 Å². The van der Waals surface area contributed by atoms with Gasteiger partial charge in [-0.05, 0) is 43.3 Å². The average molecular weight is 417 g/mol. The molecule has 1 aromatic heterocycles. The molecule has 29 heavy (non-hydrogen) atoms. The average Bonchev–Trinajstić information content (AvgIpc) is 3.11. The second-order valence-electron chi connectivity index (χ2n) is 5.94. The smallest absolute Gasteiger partial charge is 0.263 e. The lowest BCUT2D eigenvalue weighted by molar-refractivity contribution is 0.102. The van der Waals surface area contributed by atoms with Gasteiger partial charge in [0.15, 0.2) is 5.82 Å². The summed E-state index contributed by atoms with van der Waals surface area (Å²) in [7, 11) is -0.938. The number of nitrogens with one attached hydrogen (secondary N) is 2. The quantitative estimate of drug-likeness (QED) is 0.606. The minimum Gasteiger partial charge on any atom is -0.496 e. The molecule has 0 aliphatic carbocycles. The zero-order valence-corrected chi connectivity index (χ0v) is 16.7. The number of benzene rings is 2. The number of aryl methyl sites for hydroxylation is 1. The van der Waals surface area contributed by atoms with Crippen LogP contribution in [0.1, 0.15) is 16.1 Å². The van der Waals surface area contributed by atoms with Gasteiger partial charge in [-0.3, -0.25) is 9.52 Å². The van der Waals surface area contributed by atoms with Gasteiger partial charge in [0.2, 0.25) is 0 Å². The normalized spacial score (nSPS) is 11.0. The molecule has 0 bridgehead atoms.